The fourth-order valence-electron chi connectivity index (χ4n) is 2.07. The Hall–Kier alpha value is -2.51. The first kappa shape index (κ1) is 14.9. The van der Waals surface area contributed by atoms with Gasteiger partial charge in [0.15, 0.2) is 0 Å². The molecule has 21 heavy (non-hydrogen) atoms. The number of benzene rings is 1. The van der Waals surface area contributed by atoms with Crippen molar-refractivity contribution in [3.05, 3.63) is 52.5 Å². The number of carbonyl (C=O) groups is 1. The van der Waals surface area contributed by atoms with Crippen LogP contribution in [0.2, 0.25) is 0 Å². The highest BCUT2D eigenvalue weighted by Gasteiger charge is 2.13. The van der Waals surface area contributed by atoms with Gasteiger partial charge in [0, 0.05) is 11.3 Å². The van der Waals surface area contributed by atoms with E-state index in [1.165, 1.54) is 0 Å². The minimum atomic E-state index is -0.196. The monoisotopic (exact) mass is 283 g/mol. The maximum Gasteiger partial charge on any atom is 0.259 e. The standard InChI is InChI=1S/C17H17NO3/c1-11-9-15(7-6-14(11)5-4-8-19)18-17(20)16-10-12(2)21-13(16)3/h6-7,9-10,19H,8H2,1-3H3,(H,18,20). The molecule has 0 saturated heterocycles. The summed E-state index contributed by atoms with van der Waals surface area (Å²) in [6.45, 7) is 5.31. The highest BCUT2D eigenvalue weighted by Crippen LogP contribution is 2.18. The number of rotatable bonds is 2. The van der Waals surface area contributed by atoms with Gasteiger partial charge in [0.2, 0.25) is 0 Å². The molecule has 0 atom stereocenters. The number of hydrogen-bond donors (Lipinski definition) is 2. The summed E-state index contributed by atoms with van der Waals surface area (Å²) in [5.74, 6) is 6.59. The van der Waals surface area contributed by atoms with Crippen molar-refractivity contribution < 1.29 is 14.3 Å². The zero-order valence-electron chi connectivity index (χ0n) is 12.3. The molecule has 2 rings (SSSR count). The van der Waals surface area contributed by atoms with Crippen LogP contribution in [0.15, 0.2) is 28.7 Å². The van der Waals surface area contributed by atoms with Crippen molar-refractivity contribution >= 4 is 11.6 Å². The molecule has 2 aromatic rings. The van der Waals surface area contributed by atoms with Crippen molar-refractivity contribution in [3.8, 4) is 11.8 Å². The van der Waals surface area contributed by atoms with E-state index in [2.05, 4.69) is 17.2 Å². The van der Waals surface area contributed by atoms with E-state index in [1.807, 2.05) is 26.0 Å². The molecule has 0 unspecified atom stereocenters. The van der Waals surface area contributed by atoms with Crippen LogP contribution in [0, 0.1) is 32.6 Å². The SMILES string of the molecule is Cc1cc(C(=O)Nc2ccc(C#CCO)c(C)c2)c(C)o1. The second-order valence-corrected chi connectivity index (χ2v) is 4.77. The average molecular weight is 283 g/mol. The second kappa shape index (κ2) is 6.29. The van der Waals surface area contributed by atoms with E-state index in [0.29, 0.717) is 22.8 Å². The Bertz CT molecular complexity index is 732. The van der Waals surface area contributed by atoms with Gasteiger partial charge in [0.1, 0.15) is 18.1 Å². The molecule has 1 aromatic heterocycles. The number of aliphatic hydroxyl groups excluding tert-OH is 1. The summed E-state index contributed by atoms with van der Waals surface area (Å²) in [6, 6.07) is 7.18. The van der Waals surface area contributed by atoms with Gasteiger partial charge in [-0.05, 0) is 50.6 Å². The Kier molecular flexibility index (Phi) is 4.46. The van der Waals surface area contributed by atoms with Gasteiger partial charge in [-0.2, -0.15) is 0 Å². The lowest BCUT2D eigenvalue weighted by atomic mass is 10.1. The van der Waals surface area contributed by atoms with Crippen molar-refractivity contribution in [2.24, 2.45) is 0 Å². The van der Waals surface area contributed by atoms with Crippen LogP contribution in [0.4, 0.5) is 5.69 Å². The lowest BCUT2D eigenvalue weighted by Gasteiger charge is -2.06. The average Bonchev–Trinajstić information content (AvgIpc) is 2.77. The largest absolute Gasteiger partial charge is 0.466 e. The smallest absolute Gasteiger partial charge is 0.259 e. The molecular weight excluding hydrogens is 266 g/mol. The van der Waals surface area contributed by atoms with E-state index in [0.717, 1.165) is 11.1 Å². The molecule has 0 spiro atoms. The summed E-state index contributed by atoms with van der Waals surface area (Å²) < 4.78 is 5.36. The van der Waals surface area contributed by atoms with Gasteiger partial charge in [0.25, 0.3) is 5.91 Å². The summed E-state index contributed by atoms with van der Waals surface area (Å²) in [5, 5.41) is 11.5. The number of carbonyl (C=O) groups excluding carboxylic acids is 1. The van der Waals surface area contributed by atoms with Crippen LogP contribution in [0.5, 0.6) is 0 Å². The van der Waals surface area contributed by atoms with E-state index < -0.39 is 0 Å². The van der Waals surface area contributed by atoms with Gasteiger partial charge in [-0.3, -0.25) is 4.79 Å². The van der Waals surface area contributed by atoms with Gasteiger partial charge >= 0.3 is 0 Å². The predicted molar refractivity (Wildman–Crippen MR) is 81.3 cm³/mol. The highest BCUT2D eigenvalue weighted by atomic mass is 16.3. The maximum atomic E-state index is 12.2. The third-order valence-corrected chi connectivity index (χ3v) is 3.07. The molecule has 2 N–H and O–H groups in total. The normalized spacial score (nSPS) is 9.90. The molecule has 0 aliphatic heterocycles. The summed E-state index contributed by atoms with van der Waals surface area (Å²) in [7, 11) is 0. The molecule has 0 aliphatic carbocycles. The minimum absolute atomic E-state index is 0.170. The molecule has 0 saturated carbocycles. The zero-order valence-corrected chi connectivity index (χ0v) is 12.3. The van der Waals surface area contributed by atoms with Crippen molar-refractivity contribution in [2.45, 2.75) is 20.8 Å². The Morgan fingerprint density at radius 3 is 2.62 bits per heavy atom. The molecule has 108 valence electrons. The molecule has 1 heterocycles. The van der Waals surface area contributed by atoms with Crippen molar-refractivity contribution in [1.82, 2.24) is 0 Å². The van der Waals surface area contributed by atoms with Crippen LogP contribution in [0.1, 0.15) is 33.0 Å². The topological polar surface area (TPSA) is 62.5 Å². The van der Waals surface area contributed by atoms with Crippen LogP contribution in [0.25, 0.3) is 0 Å². The minimum Gasteiger partial charge on any atom is -0.466 e. The first-order chi connectivity index (χ1) is 10.0. The number of anilines is 1. The number of aryl methyl sites for hydroxylation is 3. The third kappa shape index (κ3) is 3.53. The molecule has 0 aliphatic rings. The van der Waals surface area contributed by atoms with E-state index in [-0.39, 0.29) is 12.5 Å². The van der Waals surface area contributed by atoms with Crippen LogP contribution in [0.3, 0.4) is 0 Å². The quantitative estimate of drug-likeness (QED) is 0.833. The highest BCUT2D eigenvalue weighted by molar-refractivity contribution is 6.05. The molecule has 0 bridgehead atoms. The summed E-state index contributed by atoms with van der Waals surface area (Å²) in [5.41, 5.74) is 3.01. The van der Waals surface area contributed by atoms with Crippen LogP contribution < -0.4 is 5.32 Å². The summed E-state index contributed by atoms with van der Waals surface area (Å²) in [6.07, 6.45) is 0. The number of aliphatic hydroxyl groups is 1. The zero-order chi connectivity index (χ0) is 15.4. The number of amides is 1. The fraction of sp³-hybridized carbons (Fsp3) is 0.235. The molecule has 4 heteroatoms. The van der Waals surface area contributed by atoms with Crippen molar-refractivity contribution in [3.63, 3.8) is 0 Å². The van der Waals surface area contributed by atoms with Gasteiger partial charge in [-0.1, -0.05) is 11.8 Å². The Morgan fingerprint density at radius 1 is 1.29 bits per heavy atom. The first-order valence-electron chi connectivity index (χ1n) is 6.60. The van der Waals surface area contributed by atoms with Gasteiger partial charge in [-0.25, -0.2) is 0 Å². The van der Waals surface area contributed by atoms with E-state index in [9.17, 15) is 4.79 Å². The number of hydrogen-bond acceptors (Lipinski definition) is 3. The third-order valence-electron chi connectivity index (χ3n) is 3.07. The molecule has 1 aromatic carbocycles. The van der Waals surface area contributed by atoms with Gasteiger partial charge < -0.3 is 14.8 Å². The van der Waals surface area contributed by atoms with E-state index in [4.69, 9.17) is 9.52 Å². The summed E-state index contributed by atoms with van der Waals surface area (Å²) in [4.78, 5) is 12.2. The lowest BCUT2D eigenvalue weighted by Crippen LogP contribution is -2.12. The predicted octanol–water partition coefficient (Wildman–Crippen LogP) is 2.80. The van der Waals surface area contributed by atoms with Crippen LogP contribution >= 0.6 is 0 Å². The van der Waals surface area contributed by atoms with Crippen LogP contribution in [-0.2, 0) is 0 Å². The first-order valence-corrected chi connectivity index (χ1v) is 6.60. The van der Waals surface area contributed by atoms with Gasteiger partial charge in [-0.15, -0.1) is 0 Å². The summed E-state index contributed by atoms with van der Waals surface area (Å²) >= 11 is 0. The number of furan rings is 1. The molecular formula is C17H17NO3. The molecule has 4 nitrogen and oxygen atoms in total. The maximum absolute atomic E-state index is 12.2. The fourth-order valence-corrected chi connectivity index (χ4v) is 2.07. The van der Waals surface area contributed by atoms with E-state index in [1.54, 1.807) is 19.1 Å². The Morgan fingerprint density at radius 2 is 2.05 bits per heavy atom. The Labute approximate surface area is 123 Å². The molecule has 0 radical (unpaired) electrons. The van der Waals surface area contributed by atoms with Gasteiger partial charge in [0.05, 0.1) is 5.56 Å². The molecule has 1 amide bonds. The van der Waals surface area contributed by atoms with Crippen molar-refractivity contribution in [2.75, 3.05) is 11.9 Å². The van der Waals surface area contributed by atoms with E-state index >= 15 is 0 Å². The Balaban J connectivity index is 2.18. The lowest BCUT2D eigenvalue weighted by molar-refractivity contribution is 0.102. The van der Waals surface area contributed by atoms with Crippen molar-refractivity contribution in [1.29, 1.82) is 0 Å². The molecule has 0 fully saturated rings. The second-order valence-electron chi connectivity index (χ2n) is 4.77. The number of nitrogens with one attached hydrogen (secondary N) is 1. The van der Waals surface area contributed by atoms with Crippen LogP contribution in [-0.4, -0.2) is 17.6 Å².